The van der Waals surface area contributed by atoms with Gasteiger partial charge in [0, 0.05) is 0 Å². The van der Waals surface area contributed by atoms with Gasteiger partial charge in [0.1, 0.15) is 0 Å². The van der Waals surface area contributed by atoms with Crippen molar-refractivity contribution in [3.05, 3.63) is 75.9 Å². The fraction of sp³-hybridized carbons (Fsp3) is 0.500. The first kappa shape index (κ1) is 21.8. The number of aryl methyl sites for hydroxylation is 4. The van der Waals surface area contributed by atoms with E-state index < -0.39 is 0 Å². The van der Waals surface area contributed by atoms with Crippen molar-refractivity contribution in [2.45, 2.75) is 72.6 Å². The standard InChI is InChI=1S/C28H39N/c1-6-23-14-13-21(4)28(27(23)8-3)22(5)26-16-15-25(24(7-2)20-26)12-11-19-29-17-9-10-18-29/h13-16,20H,5-12,17-19H2,1-4H3. The van der Waals surface area contributed by atoms with Crippen molar-refractivity contribution in [1.82, 2.24) is 4.90 Å². The molecule has 2 aromatic carbocycles. The molecular weight excluding hydrogens is 350 g/mol. The van der Waals surface area contributed by atoms with Crippen LogP contribution in [0.3, 0.4) is 0 Å². The molecule has 0 unspecified atom stereocenters. The highest BCUT2D eigenvalue weighted by Gasteiger charge is 2.15. The minimum atomic E-state index is 1.06. The molecule has 0 N–H and O–H groups in total. The van der Waals surface area contributed by atoms with Crippen LogP contribution in [0.15, 0.2) is 36.9 Å². The molecule has 1 heteroatoms. The molecule has 0 spiro atoms. The Bertz CT molecular complexity index is 840. The largest absolute Gasteiger partial charge is 0.303 e. The Labute approximate surface area is 178 Å². The van der Waals surface area contributed by atoms with E-state index in [1.807, 2.05) is 0 Å². The first-order valence-corrected chi connectivity index (χ1v) is 11.7. The lowest BCUT2D eigenvalue weighted by Crippen LogP contribution is -2.20. The second kappa shape index (κ2) is 10.3. The topological polar surface area (TPSA) is 3.24 Å². The Morgan fingerprint density at radius 2 is 1.59 bits per heavy atom. The first-order chi connectivity index (χ1) is 14.1. The summed E-state index contributed by atoms with van der Waals surface area (Å²) in [5.41, 5.74) is 11.1. The zero-order valence-electron chi connectivity index (χ0n) is 19.1. The Balaban J connectivity index is 1.81. The van der Waals surface area contributed by atoms with Crippen LogP contribution >= 0.6 is 0 Å². The van der Waals surface area contributed by atoms with Gasteiger partial charge < -0.3 is 4.90 Å². The van der Waals surface area contributed by atoms with Crippen molar-refractivity contribution in [2.75, 3.05) is 19.6 Å². The van der Waals surface area contributed by atoms with Crippen LogP contribution < -0.4 is 0 Å². The van der Waals surface area contributed by atoms with E-state index in [-0.39, 0.29) is 0 Å². The second-order valence-electron chi connectivity index (χ2n) is 8.57. The zero-order valence-corrected chi connectivity index (χ0v) is 19.1. The summed E-state index contributed by atoms with van der Waals surface area (Å²) >= 11 is 0. The summed E-state index contributed by atoms with van der Waals surface area (Å²) in [6, 6.07) is 11.7. The van der Waals surface area contributed by atoms with Crippen molar-refractivity contribution >= 4 is 5.57 Å². The van der Waals surface area contributed by atoms with Gasteiger partial charge in [-0.2, -0.15) is 0 Å². The van der Waals surface area contributed by atoms with Crippen LogP contribution in [-0.4, -0.2) is 24.5 Å². The monoisotopic (exact) mass is 389 g/mol. The molecule has 2 aromatic rings. The van der Waals surface area contributed by atoms with Gasteiger partial charge in [-0.25, -0.2) is 0 Å². The maximum atomic E-state index is 4.55. The van der Waals surface area contributed by atoms with Crippen molar-refractivity contribution in [3.63, 3.8) is 0 Å². The van der Waals surface area contributed by atoms with Gasteiger partial charge in [0.05, 0.1) is 0 Å². The van der Waals surface area contributed by atoms with Gasteiger partial charge in [0.15, 0.2) is 0 Å². The third-order valence-corrected chi connectivity index (χ3v) is 6.71. The smallest absolute Gasteiger partial charge is 0.00156 e. The van der Waals surface area contributed by atoms with Gasteiger partial charge >= 0.3 is 0 Å². The van der Waals surface area contributed by atoms with E-state index in [2.05, 4.69) is 69.5 Å². The summed E-state index contributed by atoms with van der Waals surface area (Å²) in [6.07, 6.45) is 8.47. The third kappa shape index (κ3) is 5.01. The van der Waals surface area contributed by atoms with Gasteiger partial charge in [0.2, 0.25) is 0 Å². The highest BCUT2D eigenvalue weighted by molar-refractivity contribution is 5.82. The molecule has 1 aliphatic heterocycles. The van der Waals surface area contributed by atoms with E-state index in [0.717, 1.165) is 19.3 Å². The molecular formula is C28H39N. The lowest BCUT2D eigenvalue weighted by Gasteiger charge is -2.19. The molecule has 0 aliphatic carbocycles. The quantitative estimate of drug-likeness (QED) is 0.457. The number of benzene rings is 2. The van der Waals surface area contributed by atoms with Gasteiger partial charge in [-0.05, 0) is 116 Å². The maximum absolute atomic E-state index is 4.55. The van der Waals surface area contributed by atoms with Crippen LogP contribution in [0.25, 0.3) is 5.57 Å². The summed E-state index contributed by atoms with van der Waals surface area (Å²) in [5, 5.41) is 0. The highest BCUT2D eigenvalue weighted by atomic mass is 15.1. The predicted octanol–water partition coefficient (Wildman–Crippen LogP) is 6.77. The molecule has 0 bridgehead atoms. The van der Waals surface area contributed by atoms with Gasteiger partial charge in [0.25, 0.3) is 0 Å². The van der Waals surface area contributed by atoms with E-state index in [0.29, 0.717) is 0 Å². The number of rotatable bonds is 9. The van der Waals surface area contributed by atoms with E-state index >= 15 is 0 Å². The molecule has 0 radical (unpaired) electrons. The molecule has 0 amide bonds. The predicted molar refractivity (Wildman–Crippen MR) is 128 cm³/mol. The second-order valence-corrected chi connectivity index (χ2v) is 8.57. The molecule has 1 aliphatic rings. The summed E-state index contributed by atoms with van der Waals surface area (Å²) < 4.78 is 0. The Morgan fingerprint density at radius 1 is 0.897 bits per heavy atom. The molecule has 0 aromatic heterocycles. The highest BCUT2D eigenvalue weighted by Crippen LogP contribution is 2.32. The first-order valence-electron chi connectivity index (χ1n) is 11.7. The SMILES string of the molecule is C=C(c1ccc(CCCN2CCCC2)c(CC)c1)c1c(C)ccc(CC)c1CC. The number of nitrogens with zero attached hydrogens (tertiary/aromatic N) is 1. The zero-order chi connectivity index (χ0) is 20.8. The average Bonchev–Trinajstić information content (AvgIpc) is 3.26. The van der Waals surface area contributed by atoms with Crippen LogP contribution in [0.5, 0.6) is 0 Å². The molecule has 1 nitrogen and oxygen atoms in total. The Morgan fingerprint density at radius 3 is 2.24 bits per heavy atom. The van der Waals surface area contributed by atoms with Crippen LogP contribution in [0.4, 0.5) is 0 Å². The number of hydrogen-bond acceptors (Lipinski definition) is 1. The average molecular weight is 390 g/mol. The minimum absolute atomic E-state index is 1.06. The molecule has 1 heterocycles. The minimum Gasteiger partial charge on any atom is -0.303 e. The van der Waals surface area contributed by atoms with Crippen LogP contribution in [0.2, 0.25) is 0 Å². The van der Waals surface area contributed by atoms with E-state index in [1.54, 1.807) is 0 Å². The van der Waals surface area contributed by atoms with E-state index in [1.165, 1.54) is 89.8 Å². The van der Waals surface area contributed by atoms with Crippen LogP contribution in [0, 0.1) is 6.92 Å². The molecule has 1 saturated heterocycles. The van der Waals surface area contributed by atoms with E-state index in [4.69, 9.17) is 0 Å². The fourth-order valence-corrected chi connectivity index (χ4v) is 4.99. The molecule has 1 fully saturated rings. The summed E-state index contributed by atoms with van der Waals surface area (Å²) in [7, 11) is 0. The van der Waals surface area contributed by atoms with Crippen molar-refractivity contribution in [3.8, 4) is 0 Å². The van der Waals surface area contributed by atoms with Crippen molar-refractivity contribution in [2.24, 2.45) is 0 Å². The normalized spacial score (nSPS) is 14.5. The summed E-state index contributed by atoms with van der Waals surface area (Å²) in [5.74, 6) is 0. The lowest BCUT2D eigenvalue weighted by molar-refractivity contribution is 0.334. The van der Waals surface area contributed by atoms with Gasteiger partial charge in [-0.3, -0.25) is 0 Å². The number of likely N-dealkylation sites (tertiary alicyclic amines) is 1. The summed E-state index contributed by atoms with van der Waals surface area (Å²) in [4.78, 5) is 2.62. The van der Waals surface area contributed by atoms with Crippen LogP contribution in [0.1, 0.15) is 79.0 Å². The third-order valence-electron chi connectivity index (χ3n) is 6.71. The van der Waals surface area contributed by atoms with Crippen LogP contribution in [-0.2, 0) is 25.7 Å². The molecule has 156 valence electrons. The fourth-order valence-electron chi connectivity index (χ4n) is 4.99. The van der Waals surface area contributed by atoms with Gasteiger partial charge in [-0.15, -0.1) is 0 Å². The molecule has 3 rings (SSSR count). The number of hydrogen-bond donors (Lipinski definition) is 0. The Kier molecular flexibility index (Phi) is 7.72. The Hall–Kier alpha value is -1.86. The lowest BCUT2D eigenvalue weighted by atomic mass is 9.85. The molecule has 0 atom stereocenters. The summed E-state index contributed by atoms with van der Waals surface area (Å²) in [6.45, 7) is 17.4. The van der Waals surface area contributed by atoms with Crippen molar-refractivity contribution in [1.29, 1.82) is 0 Å². The van der Waals surface area contributed by atoms with E-state index in [9.17, 15) is 0 Å². The molecule has 29 heavy (non-hydrogen) atoms. The van der Waals surface area contributed by atoms with Gasteiger partial charge in [-0.1, -0.05) is 57.7 Å². The molecule has 0 saturated carbocycles. The maximum Gasteiger partial charge on any atom is -0.00156 e. The van der Waals surface area contributed by atoms with Crippen molar-refractivity contribution < 1.29 is 0 Å².